The van der Waals surface area contributed by atoms with Crippen molar-refractivity contribution in [1.29, 1.82) is 0 Å². The average Bonchev–Trinajstić information content (AvgIpc) is 3.16. The molecule has 2 fully saturated rings. The molecule has 1 aromatic heterocycles. The summed E-state index contributed by atoms with van der Waals surface area (Å²) in [4.78, 5) is 38.4. The van der Waals surface area contributed by atoms with Crippen LogP contribution in [0.15, 0.2) is 12.4 Å². The fraction of sp³-hybridized carbons (Fsp3) is 0.625. The van der Waals surface area contributed by atoms with Gasteiger partial charge in [-0.25, -0.2) is 14.8 Å². The Labute approximate surface area is 141 Å². The molecule has 3 rings (SSSR count). The van der Waals surface area contributed by atoms with E-state index in [2.05, 4.69) is 14.9 Å². The number of nitrogens with zero attached hydrogens (tertiary/aromatic N) is 5. The van der Waals surface area contributed by atoms with Gasteiger partial charge < -0.3 is 19.4 Å². The van der Waals surface area contributed by atoms with E-state index in [9.17, 15) is 9.59 Å². The normalized spacial score (nSPS) is 18.0. The Hall–Kier alpha value is -2.38. The summed E-state index contributed by atoms with van der Waals surface area (Å²) in [6.45, 7) is 6.04. The van der Waals surface area contributed by atoms with E-state index in [-0.39, 0.29) is 12.0 Å². The molecule has 0 bridgehead atoms. The summed E-state index contributed by atoms with van der Waals surface area (Å²) in [6.07, 6.45) is 5.25. The molecule has 0 unspecified atom stereocenters. The molecule has 8 nitrogen and oxygen atoms in total. The number of hydrogen-bond acceptors (Lipinski definition) is 6. The highest BCUT2D eigenvalue weighted by Crippen LogP contribution is 2.17. The van der Waals surface area contributed by atoms with Crippen molar-refractivity contribution in [2.75, 3.05) is 50.8 Å². The fourth-order valence-electron chi connectivity index (χ4n) is 3.01. The zero-order valence-electron chi connectivity index (χ0n) is 14.0. The van der Waals surface area contributed by atoms with E-state index in [1.165, 1.54) is 12.8 Å². The molecule has 8 heteroatoms. The van der Waals surface area contributed by atoms with Crippen LogP contribution in [-0.2, 0) is 4.74 Å². The molecule has 0 atom stereocenters. The van der Waals surface area contributed by atoms with E-state index in [4.69, 9.17) is 4.74 Å². The van der Waals surface area contributed by atoms with Crippen molar-refractivity contribution >= 4 is 17.8 Å². The highest BCUT2D eigenvalue weighted by atomic mass is 16.6. The second-order valence-corrected chi connectivity index (χ2v) is 5.93. The van der Waals surface area contributed by atoms with Gasteiger partial charge in [0.2, 0.25) is 0 Å². The second kappa shape index (κ2) is 7.46. The van der Waals surface area contributed by atoms with Gasteiger partial charge in [-0.1, -0.05) is 0 Å². The molecule has 2 aliphatic heterocycles. The molecule has 2 saturated heterocycles. The average molecular weight is 333 g/mol. The van der Waals surface area contributed by atoms with Gasteiger partial charge in [0.1, 0.15) is 11.5 Å². The Morgan fingerprint density at radius 1 is 1.00 bits per heavy atom. The number of carbonyl (C=O) groups is 2. The van der Waals surface area contributed by atoms with E-state index in [0.717, 1.165) is 18.9 Å². The first-order valence-electron chi connectivity index (χ1n) is 8.47. The first-order chi connectivity index (χ1) is 11.7. The van der Waals surface area contributed by atoms with Crippen molar-refractivity contribution < 1.29 is 14.3 Å². The highest BCUT2D eigenvalue weighted by molar-refractivity contribution is 5.92. The van der Waals surface area contributed by atoms with Gasteiger partial charge in [-0.05, 0) is 19.8 Å². The predicted octanol–water partition coefficient (Wildman–Crippen LogP) is 0.991. The van der Waals surface area contributed by atoms with Crippen molar-refractivity contribution in [2.24, 2.45) is 0 Å². The van der Waals surface area contributed by atoms with Crippen LogP contribution in [-0.4, -0.2) is 77.6 Å². The summed E-state index contributed by atoms with van der Waals surface area (Å²) in [5.41, 5.74) is 0.350. The van der Waals surface area contributed by atoms with Crippen molar-refractivity contribution in [3.8, 4) is 0 Å². The third-order valence-electron chi connectivity index (χ3n) is 4.38. The smallest absolute Gasteiger partial charge is 0.409 e. The Morgan fingerprint density at radius 3 is 2.25 bits per heavy atom. The van der Waals surface area contributed by atoms with Crippen LogP contribution in [0.3, 0.4) is 0 Å². The highest BCUT2D eigenvalue weighted by Gasteiger charge is 2.26. The van der Waals surface area contributed by atoms with E-state index < -0.39 is 0 Å². The van der Waals surface area contributed by atoms with Crippen molar-refractivity contribution in [1.82, 2.24) is 19.8 Å². The summed E-state index contributed by atoms with van der Waals surface area (Å²) in [7, 11) is 0. The first-order valence-corrected chi connectivity index (χ1v) is 8.47. The molecule has 2 aliphatic rings. The molecule has 0 aliphatic carbocycles. The van der Waals surface area contributed by atoms with Crippen molar-refractivity contribution in [2.45, 2.75) is 19.8 Å². The maximum atomic E-state index is 12.5. The van der Waals surface area contributed by atoms with E-state index in [0.29, 0.717) is 38.5 Å². The van der Waals surface area contributed by atoms with E-state index in [1.807, 2.05) is 0 Å². The van der Waals surface area contributed by atoms with Crippen LogP contribution < -0.4 is 4.90 Å². The third kappa shape index (κ3) is 3.58. The Kier molecular flexibility index (Phi) is 5.12. The molecular weight excluding hydrogens is 310 g/mol. The maximum absolute atomic E-state index is 12.5. The minimum absolute atomic E-state index is 0.140. The number of piperazine rings is 1. The van der Waals surface area contributed by atoms with Crippen LogP contribution in [0.2, 0.25) is 0 Å². The number of anilines is 1. The van der Waals surface area contributed by atoms with Crippen LogP contribution in [0.5, 0.6) is 0 Å². The van der Waals surface area contributed by atoms with Gasteiger partial charge in [-0.3, -0.25) is 4.79 Å². The molecule has 0 N–H and O–H groups in total. The summed E-state index contributed by atoms with van der Waals surface area (Å²) in [6, 6.07) is 0. The molecule has 0 spiro atoms. The summed E-state index contributed by atoms with van der Waals surface area (Å²) in [5.74, 6) is 0.690. The third-order valence-corrected chi connectivity index (χ3v) is 4.38. The largest absolute Gasteiger partial charge is 0.450 e. The fourth-order valence-corrected chi connectivity index (χ4v) is 3.01. The van der Waals surface area contributed by atoms with Gasteiger partial charge in [0.25, 0.3) is 5.91 Å². The Bertz CT molecular complexity index is 578. The number of ether oxygens (including phenoxy) is 1. The number of aromatic nitrogens is 2. The molecule has 0 aromatic carbocycles. The number of rotatable bonds is 3. The molecule has 24 heavy (non-hydrogen) atoms. The zero-order valence-corrected chi connectivity index (χ0v) is 14.0. The molecule has 2 amide bonds. The summed E-state index contributed by atoms with van der Waals surface area (Å²) in [5, 5.41) is 0. The SMILES string of the molecule is CCOC(=O)N1CCN(C(=O)c2cnc(N3CCCC3)cn2)CC1. The number of amides is 2. The number of hydrogen-bond donors (Lipinski definition) is 0. The lowest BCUT2D eigenvalue weighted by atomic mass is 10.3. The van der Waals surface area contributed by atoms with E-state index in [1.54, 1.807) is 29.1 Å². The molecule has 3 heterocycles. The Morgan fingerprint density at radius 2 is 1.67 bits per heavy atom. The van der Waals surface area contributed by atoms with Crippen LogP contribution >= 0.6 is 0 Å². The van der Waals surface area contributed by atoms with Gasteiger partial charge in [-0.2, -0.15) is 0 Å². The quantitative estimate of drug-likeness (QED) is 0.821. The second-order valence-electron chi connectivity index (χ2n) is 5.93. The topological polar surface area (TPSA) is 78.9 Å². The molecule has 1 aromatic rings. The summed E-state index contributed by atoms with van der Waals surface area (Å²) < 4.78 is 4.98. The Balaban J connectivity index is 1.56. The standard InChI is InChI=1S/C16H23N5O3/c1-2-24-16(23)21-9-7-20(8-10-21)15(22)13-11-18-14(12-17-13)19-5-3-4-6-19/h11-12H,2-10H2,1H3. The summed E-state index contributed by atoms with van der Waals surface area (Å²) >= 11 is 0. The zero-order chi connectivity index (χ0) is 16.9. The molecule has 130 valence electrons. The van der Waals surface area contributed by atoms with Gasteiger partial charge in [0, 0.05) is 39.3 Å². The van der Waals surface area contributed by atoms with Crippen molar-refractivity contribution in [3.05, 3.63) is 18.1 Å². The maximum Gasteiger partial charge on any atom is 0.409 e. The van der Waals surface area contributed by atoms with Gasteiger partial charge in [0.15, 0.2) is 0 Å². The lowest BCUT2D eigenvalue weighted by Crippen LogP contribution is -2.50. The van der Waals surface area contributed by atoms with Gasteiger partial charge in [0.05, 0.1) is 19.0 Å². The van der Waals surface area contributed by atoms with Crippen LogP contribution in [0.1, 0.15) is 30.3 Å². The van der Waals surface area contributed by atoms with Crippen LogP contribution in [0.4, 0.5) is 10.6 Å². The van der Waals surface area contributed by atoms with E-state index >= 15 is 0 Å². The van der Waals surface area contributed by atoms with Gasteiger partial charge in [-0.15, -0.1) is 0 Å². The number of carbonyl (C=O) groups excluding carboxylic acids is 2. The van der Waals surface area contributed by atoms with Crippen LogP contribution in [0, 0.1) is 0 Å². The van der Waals surface area contributed by atoms with Crippen LogP contribution in [0.25, 0.3) is 0 Å². The predicted molar refractivity (Wildman–Crippen MR) is 88.0 cm³/mol. The minimum Gasteiger partial charge on any atom is -0.450 e. The minimum atomic E-state index is -0.320. The monoisotopic (exact) mass is 333 g/mol. The lowest BCUT2D eigenvalue weighted by Gasteiger charge is -2.33. The molecule has 0 radical (unpaired) electrons. The van der Waals surface area contributed by atoms with Gasteiger partial charge >= 0.3 is 6.09 Å². The molecule has 0 saturated carbocycles. The first kappa shape index (κ1) is 16.5. The van der Waals surface area contributed by atoms with Crippen molar-refractivity contribution in [3.63, 3.8) is 0 Å². The molecular formula is C16H23N5O3. The lowest BCUT2D eigenvalue weighted by molar-refractivity contribution is 0.0565.